The van der Waals surface area contributed by atoms with Crippen LogP contribution in [0.4, 0.5) is 0 Å². The summed E-state index contributed by atoms with van der Waals surface area (Å²) in [5, 5.41) is 11.6. The summed E-state index contributed by atoms with van der Waals surface area (Å²) in [6.07, 6.45) is 1.99. The standard InChI is InChI=1S/C13H17IN4/c1-10(2)15-7-13-9-18(17-16-13)8-11-3-5-12(14)6-4-11/h3-6,9-10,15H,7-8H2,1-2H3. The van der Waals surface area contributed by atoms with Gasteiger partial charge in [0.1, 0.15) is 0 Å². The fourth-order valence-corrected chi connectivity index (χ4v) is 1.94. The summed E-state index contributed by atoms with van der Waals surface area (Å²) in [6.45, 7) is 5.78. The molecular weight excluding hydrogens is 339 g/mol. The Morgan fingerprint density at radius 2 is 2.00 bits per heavy atom. The van der Waals surface area contributed by atoms with Crippen LogP contribution in [0.1, 0.15) is 25.1 Å². The van der Waals surface area contributed by atoms with Gasteiger partial charge in [0.15, 0.2) is 0 Å². The minimum Gasteiger partial charge on any atom is -0.309 e. The van der Waals surface area contributed by atoms with Crippen LogP contribution >= 0.6 is 22.6 Å². The molecule has 0 spiro atoms. The summed E-state index contributed by atoms with van der Waals surface area (Å²) >= 11 is 2.31. The van der Waals surface area contributed by atoms with E-state index in [0.29, 0.717) is 6.04 Å². The second-order valence-corrected chi connectivity index (χ2v) is 5.82. The van der Waals surface area contributed by atoms with E-state index >= 15 is 0 Å². The summed E-state index contributed by atoms with van der Waals surface area (Å²) in [5.41, 5.74) is 2.22. The van der Waals surface area contributed by atoms with E-state index in [4.69, 9.17) is 0 Å². The van der Waals surface area contributed by atoms with Gasteiger partial charge in [0, 0.05) is 16.2 Å². The molecule has 0 radical (unpaired) electrons. The smallest absolute Gasteiger partial charge is 0.0965 e. The van der Waals surface area contributed by atoms with Crippen molar-refractivity contribution in [3.05, 3.63) is 45.3 Å². The first-order valence-corrected chi connectivity index (χ1v) is 7.08. The maximum absolute atomic E-state index is 4.15. The Morgan fingerprint density at radius 1 is 1.28 bits per heavy atom. The van der Waals surface area contributed by atoms with Crippen LogP contribution in [0.3, 0.4) is 0 Å². The van der Waals surface area contributed by atoms with Crippen LogP contribution in [-0.4, -0.2) is 21.0 Å². The topological polar surface area (TPSA) is 42.7 Å². The van der Waals surface area contributed by atoms with E-state index in [1.165, 1.54) is 9.13 Å². The van der Waals surface area contributed by atoms with Crippen molar-refractivity contribution in [1.29, 1.82) is 0 Å². The second-order valence-electron chi connectivity index (χ2n) is 4.57. The zero-order valence-corrected chi connectivity index (χ0v) is 12.8. The molecule has 96 valence electrons. The molecule has 4 nitrogen and oxygen atoms in total. The average molecular weight is 356 g/mol. The van der Waals surface area contributed by atoms with Crippen LogP contribution in [0.5, 0.6) is 0 Å². The number of halogens is 1. The Bertz CT molecular complexity index is 490. The maximum Gasteiger partial charge on any atom is 0.0965 e. The molecule has 0 saturated carbocycles. The zero-order chi connectivity index (χ0) is 13.0. The van der Waals surface area contributed by atoms with Gasteiger partial charge in [-0.05, 0) is 40.3 Å². The first-order chi connectivity index (χ1) is 8.63. The Balaban J connectivity index is 1.95. The Labute approximate surface area is 121 Å². The summed E-state index contributed by atoms with van der Waals surface area (Å²) in [6, 6.07) is 8.92. The SMILES string of the molecule is CC(C)NCc1cn(Cc2ccc(I)cc2)nn1. The summed E-state index contributed by atoms with van der Waals surface area (Å²) in [5.74, 6) is 0. The normalized spacial score (nSPS) is 11.1. The van der Waals surface area contributed by atoms with Gasteiger partial charge in [0.25, 0.3) is 0 Å². The van der Waals surface area contributed by atoms with Crippen molar-refractivity contribution in [2.75, 3.05) is 0 Å². The van der Waals surface area contributed by atoms with Crippen LogP contribution in [0.2, 0.25) is 0 Å². The molecule has 0 aliphatic carbocycles. The van der Waals surface area contributed by atoms with Crippen molar-refractivity contribution >= 4 is 22.6 Å². The molecule has 1 heterocycles. The molecule has 2 aromatic rings. The predicted molar refractivity (Wildman–Crippen MR) is 80.3 cm³/mol. The number of hydrogen-bond donors (Lipinski definition) is 1. The molecule has 0 atom stereocenters. The molecule has 0 saturated heterocycles. The van der Waals surface area contributed by atoms with E-state index in [1.807, 2.05) is 10.9 Å². The number of benzene rings is 1. The van der Waals surface area contributed by atoms with Gasteiger partial charge in [-0.2, -0.15) is 0 Å². The van der Waals surface area contributed by atoms with Gasteiger partial charge in [-0.3, -0.25) is 0 Å². The van der Waals surface area contributed by atoms with Gasteiger partial charge in [0.2, 0.25) is 0 Å². The Kier molecular flexibility index (Phi) is 4.71. The summed E-state index contributed by atoms with van der Waals surface area (Å²) in [7, 11) is 0. The van der Waals surface area contributed by atoms with E-state index < -0.39 is 0 Å². The minimum absolute atomic E-state index is 0.464. The van der Waals surface area contributed by atoms with Gasteiger partial charge < -0.3 is 5.32 Å². The Hall–Kier alpha value is -0.950. The molecule has 0 amide bonds. The van der Waals surface area contributed by atoms with Crippen LogP contribution in [0.25, 0.3) is 0 Å². The fourth-order valence-electron chi connectivity index (χ4n) is 1.58. The molecule has 1 N–H and O–H groups in total. The maximum atomic E-state index is 4.15. The Morgan fingerprint density at radius 3 is 2.67 bits per heavy atom. The van der Waals surface area contributed by atoms with E-state index in [9.17, 15) is 0 Å². The molecule has 0 unspecified atom stereocenters. The van der Waals surface area contributed by atoms with Crippen molar-refractivity contribution in [3.63, 3.8) is 0 Å². The third-order valence-electron chi connectivity index (χ3n) is 2.54. The molecule has 0 fully saturated rings. The van der Waals surface area contributed by atoms with Crippen molar-refractivity contribution in [1.82, 2.24) is 20.3 Å². The number of rotatable bonds is 5. The minimum atomic E-state index is 0.464. The monoisotopic (exact) mass is 356 g/mol. The fraction of sp³-hybridized carbons (Fsp3) is 0.385. The third-order valence-corrected chi connectivity index (χ3v) is 3.25. The van der Waals surface area contributed by atoms with Crippen LogP contribution in [0, 0.1) is 3.57 Å². The molecule has 0 bridgehead atoms. The highest BCUT2D eigenvalue weighted by molar-refractivity contribution is 14.1. The lowest BCUT2D eigenvalue weighted by Crippen LogP contribution is -2.21. The lowest BCUT2D eigenvalue weighted by molar-refractivity contribution is 0.580. The molecule has 2 rings (SSSR count). The third kappa shape index (κ3) is 4.06. The molecule has 5 heteroatoms. The highest BCUT2D eigenvalue weighted by Gasteiger charge is 2.02. The summed E-state index contributed by atoms with van der Waals surface area (Å²) in [4.78, 5) is 0. The lowest BCUT2D eigenvalue weighted by Gasteiger charge is -2.04. The van der Waals surface area contributed by atoms with Crippen LogP contribution in [-0.2, 0) is 13.1 Å². The van der Waals surface area contributed by atoms with Gasteiger partial charge in [-0.1, -0.05) is 31.2 Å². The van der Waals surface area contributed by atoms with Gasteiger partial charge in [-0.15, -0.1) is 5.10 Å². The van der Waals surface area contributed by atoms with Gasteiger partial charge >= 0.3 is 0 Å². The highest BCUT2D eigenvalue weighted by Crippen LogP contribution is 2.08. The number of nitrogens with zero attached hydrogens (tertiary/aromatic N) is 3. The van der Waals surface area contributed by atoms with Gasteiger partial charge in [-0.25, -0.2) is 4.68 Å². The molecule has 18 heavy (non-hydrogen) atoms. The number of aromatic nitrogens is 3. The largest absolute Gasteiger partial charge is 0.309 e. The van der Waals surface area contributed by atoms with Crippen LogP contribution in [0.15, 0.2) is 30.5 Å². The first kappa shape index (κ1) is 13.5. The van der Waals surface area contributed by atoms with E-state index in [2.05, 4.69) is 76.3 Å². The molecule has 1 aromatic carbocycles. The summed E-state index contributed by atoms with van der Waals surface area (Å²) < 4.78 is 3.12. The molecule has 0 aliphatic heterocycles. The second kappa shape index (κ2) is 6.29. The predicted octanol–water partition coefficient (Wildman–Crippen LogP) is 2.43. The van der Waals surface area contributed by atoms with Crippen molar-refractivity contribution in [2.24, 2.45) is 0 Å². The molecule has 1 aromatic heterocycles. The van der Waals surface area contributed by atoms with Crippen LogP contribution < -0.4 is 5.32 Å². The quantitative estimate of drug-likeness (QED) is 0.837. The first-order valence-electron chi connectivity index (χ1n) is 6.00. The van der Waals surface area contributed by atoms with E-state index in [-0.39, 0.29) is 0 Å². The lowest BCUT2D eigenvalue weighted by atomic mass is 10.2. The molecule has 0 aliphatic rings. The van der Waals surface area contributed by atoms with E-state index in [1.54, 1.807) is 0 Å². The van der Waals surface area contributed by atoms with Crippen molar-refractivity contribution in [2.45, 2.75) is 33.0 Å². The van der Waals surface area contributed by atoms with E-state index in [0.717, 1.165) is 18.8 Å². The van der Waals surface area contributed by atoms with Crippen molar-refractivity contribution in [3.8, 4) is 0 Å². The number of nitrogens with one attached hydrogen (secondary N) is 1. The molecular formula is C13H17IN4. The zero-order valence-electron chi connectivity index (χ0n) is 10.6. The average Bonchev–Trinajstić information content (AvgIpc) is 2.77. The highest BCUT2D eigenvalue weighted by atomic mass is 127. The van der Waals surface area contributed by atoms with Crippen molar-refractivity contribution < 1.29 is 0 Å². The van der Waals surface area contributed by atoms with Gasteiger partial charge in [0.05, 0.1) is 18.4 Å². The number of hydrogen-bond acceptors (Lipinski definition) is 3.